The Hall–Kier alpha value is -2.76. The van der Waals surface area contributed by atoms with Crippen LogP contribution in [0, 0.1) is 5.82 Å². The molecule has 5 nitrogen and oxygen atoms in total. The van der Waals surface area contributed by atoms with E-state index in [-0.39, 0.29) is 17.6 Å². The van der Waals surface area contributed by atoms with E-state index >= 15 is 0 Å². The molecule has 1 saturated heterocycles. The highest BCUT2D eigenvalue weighted by molar-refractivity contribution is 5.92. The quantitative estimate of drug-likeness (QED) is 0.847. The van der Waals surface area contributed by atoms with Crippen LogP contribution < -0.4 is 0 Å². The third kappa shape index (κ3) is 4.65. The third-order valence-electron chi connectivity index (χ3n) is 4.56. The molecule has 1 aliphatic rings. The standard InChI is InChI=1S/C20H22FN3O2/c21-17-8-5-16(6-9-17)7-10-19(25)23-12-3-13-24(15-14-23)20(26)18-4-1-2-11-22-18/h1-2,4-6,8-9,11H,3,7,10,12-15H2. The number of aryl methyl sites for hydroxylation is 1. The van der Waals surface area contributed by atoms with Gasteiger partial charge < -0.3 is 9.80 Å². The van der Waals surface area contributed by atoms with Crippen molar-refractivity contribution in [2.75, 3.05) is 26.2 Å². The number of aromatic nitrogens is 1. The molecule has 1 fully saturated rings. The number of carbonyl (C=O) groups excluding carboxylic acids is 2. The lowest BCUT2D eigenvalue weighted by Gasteiger charge is -2.22. The van der Waals surface area contributed by atoms with Crippen LogP contribution in [0.1, 0.15) is 28.9 Å². The number of hydrogen-bond donors (Lipinski definition) is 0. The van der Waals surface area contributed by atoms with Gasteiger partial charge in [-0.1, -0.05) is 18.2 Å². The van der Waals surface area contributed by atoms with E-state index in [0.717, 1.165) is 12.0 Å². The summed E-state index contributed by atoms with van der Waals surface area (Å²) in [5, 5.41) is 0. The van der Waals surface area contributed by atoms with Crippen LogP contribution in [0.4, 0.5) is 4.39 Å². The molecule has 0 atom stereocenters. The topological polar surface area (TPSA) is 53.5 Å². The van der Waals surface area contributed by atoms with Gasteiger partial charge in [-0.15, -0.1) is 0 Å². The molecular formula is C20H22FN3O2. The Labute approximate surface area is 152 Å². The summed E-state index contributed by atoms with van der Waals surface area (Å²) in [4.78, 5) is 32.7. The summed E-state index contributed by atoms with van der Waals surface area (Å²) in [7, 11) is 0. The molecule has 0 radical (unpaired) electrons. The normalized spacial score (nSPS) is 14.8. The van der Waals surface area contributed by atoms with Gasteiger partial charge in [0.2, 0.25) is 5.91 Å². The van der Waals surface area contributed by atoms with Crippen LogP contribution in [0.5, 0.6) is 0 Å². The SMILES string of the molecule is O=C(CCc1ccc(F)cc1)N1CCCN(C(=O)c2ccccn2)CC1. The molecule has 6 heteroatoms. The van der Waals surface area contributed by atoms with E-state index in [1.807, 2.05) is 4.90 Å². The molecule has 2 heterocycles. The molecule has 1 aliphatic heterocycles. The Kier molecular flexibility index (Phi) is 5.94. The number of rotatable bonds is 4. The zero-order valence-electron chi connectivity index (χ0n) is 14.6. The van der Waals surface area contributed by atoms with Gasteiger partial charge >= 0.3 is 0 Å². The van der Waals surface area contributed by atoms with E-state index in [9.17, 15) is 14.0 Å². The van der Waals surface area contributed by atoms with Gasteiger partial charge in [-0.25, -0.2) is 4.39 Å². The van der Waals surface area contributed by atoms with E-state index < -0.39 is 0 Å². The molecule has 0 spiro atoms. The van der Waals surface area contributed by atoms with Gasteiger partial charge in [-0.3, -0.25) is 14.6 Å². The lowest BCUT2D eigenvalue weighted by atomic mass is 10.1. The van der Waals surface area contributed by atoms with Crippen LogP contribution in [0.2, 0.25) is 0 Å². The van der Waals surface area contributed by atoms with E-state index in [4.69, 9.17) is 0 Å². The maximum Gasteiger partial charge on any atom is 0.272 e. The largest absolute Gasteiger partial charge is 0.341 e. The minimum atomic E-state index is -0.273. The second-order valence-electron chi connectivity index (χ2n) is 6.37. The lowest BCUT2D eigenvalue weighted by molar-refractivity contribution is -0.131. The predicted molar refractivity (Wildman–Crippen MR) is 96.1 cm³/mol. The number of halogens is 1. The van der Waals surface area contributed by atoms with Gasteiger partial charge in [0.1, 0.15) is 11.5 Å². The summed E-state index contributed by atoms with van der Waals surface area (Å²) in [6.45, 7) is 2.31. The van der Waals surface area contributed by atoms with Crippen molar-refractivity contribution in [1.29, 1.82) is 0 Å². The van der Waals surface area contributed by atoms with Gasteiger partial charge in [-0.2, -0.15) is 0 Å². The van der Waals surface area contributed by atoms with Crippen molar-refractivity contribution in [1.82, 2.24) is 14.8 Å². The van der Waals surface area contributed by atoms with Crippen LogP contribution in [-0.4, -0.2) is 52.8 Å². The fourth-order valence-corrected chi connectivity index (χ4v) is 3.08. The molecule has 26 heavy (non-hydrogen) atoms. The average Bonchev–Trinajstić information content (AvgIpc) is 2.94. The molecular weight excluding hydrogens is 333 g/mol. The average molecular weight is 355 g/mol. The molecule has 0 N–H and O–H groups in total. The van der Waals surface area contributed by atoms with Crippen molar-refractivity contribution in [3.63, 3.8) is 0 Å². The van der Waals surface area contributed by atoms with E-state index in [2.05, 4.69) is 4.98 Å². The summed E-state index contributed by atoms with van der Waals surface area (Å²) in [5.74, 6) is -0.294. The van der Waals surface area contributed by atoms with Crippen molar-refractivity contribution < 1.29 is 14.0 Å². The van der Waals surface area contributed by atoms with Gasteiger partial charge in [0, 0.05) is 38.8 Å². The minimum absolute atomic E-state index is 0.0708. The van der Waals surface area contributed by atoms with Crippen molar-refractivity contribution in [3.05, 3.63) is 65.7 Å². The second-order valence-corrected chi connectivity index (χ2v) is 6.37. The summed E-state index contributed by atoms with van der Waals surface area (Å²) in [5.41, 5.74) is 1.38. The third-order valence-corrected chi connectivity index (χ3v) is 4.56. The molecule has 3 rings (SSSR count). The molecule has 0 aliphatic carbocycles. The Balaban J connectivity index is 1.52. The highest BCUT2D eigenvalue weighted by atomic mass is 19.1. The van der Waals surface area contributed by atoms with Crippen LogP contribution in [0.25, 0.3) is 0 Å². The molecule has 136 valence electrons. The minimum Gasteiger partial charge on any atom is -0.341 e. The monoisotopic (exact) mass is 355 g/mol. The summed E-state index contributed by atoms with van der Waals surface area (Å²) in [6, 6.07) is 11.5. The zero-order chi connectivity index (χ0) is 18.4. The first-order valence-electron chi connectivity index (χ1n) is 8.86. The van der Waals surface area contributed by atoms with Crippen molar-refractivity contribution in [2.45, 2.75) is 19.3 Å². The first-order valence-corrected chi connectivity index (χ1v) is 8.86. The molecule has 1 aromatic carbocycles. The second kappa shape index (κ2) is 8.56. The van der Waals surface area contributed by atoms with Crippen molar-refractivity contribution >= 4 is 11.8 Å². The number of amides is 2. The van der Waals surface area contributed by atoms with Gasteiger partial charge in [-0.05, 0) is 42.7 Å². The Morgan fingerprint density at radius 1 is 0.962 bits per heavy atom. The summed E-state index contributed by atoms with van der Waals surface area (Å²) < 4.78 is 12.9. The first-order chi connectivity index (χ1) is 12.6. The molecule has 0 unspecified atom stereocenters. The van der Waals surface area contributed by atoms with Crippen molar-refractivity contribution in [2.24, 2.45) is 0 Å². The summed E-state index contributed by atoms with van der Waals surface area (Å²) >= 11 is 0. The van der Waals surface area contributed by atoms with Crippen LogP contribution >= 0.6 is 0 Å². The number of carbonyl (C=O) groups is 2. The fraction of sp³-hybridized carbons (Fsp3) is 0.350. The Morgan fingerprint density at radius 3 is 2.42 bits per heavy atom. The van der Waals surface area contributed by atoms with Gasteiger partial charge in [0.05, 0.1) is 0 Å². The number of pyridine rings is 1. The van der Waals surface area contributed by atoms with E-state index in [0.29, 0.717) is 44.7 Å². The van der Waals surface area contributed by atoms with Gasteiger partial charge in [0.25, 0.3) is 5.91 Å². The molecule has 0 saturated carbocycles. The number of nitrogens with zero attached hydrogens (tertiary/aromatic N) is 3. The smallest absolute Gasteiger partial charge is 0.272 e. The van der Waals surface area contributed by atoms with Gasteiger partial charge in [0.15, 0.2) is 0 Å². The van der Waals surface area contributed by atoms with E-state index in [1.165, 1.54) is 12.1 Å². The highest BCUT2D eigenvalue weighted by Gasteiger charge is 2.23. The molecule has 1 aromatic heterocycles. The molecule has 2 aromatic rings. The Morgan fingerprint density at radius 2 is 1.69 bits per heavy atom. The molecule has 2 amide bonds. The number of benzene rings is 1. The van der Waals surface area contributed by atoms with Crippen LogP contribution in [0.3, 0.4) is 0 Å². The maximum absolute atomic E-state index is 12.9. The molecule has 0 bridgehead atoms. The van der Waals surface area contributed by atoms with Crippen LogP contribution in [-0.2, 0) is 11.2 Å². The Bertz CT molecular complexity index is 749. The maximum atomic E-state index is 12.9. The highest BCUT2D eigenvalue weighted by Crippen LogP contribution is 2.11. The predicted octanol–water partition coefficient (Wildman–Crippen LogP) is 2.53. The zero-order valence-corrected chi connectivity index (χ0v) is 14.6. The first kappa shape index (κ1) is 18.0. The lowest BCUT2D eigenvalue weighted by Crippen LogP contribution is -2.37. The van der Waals surface area contributed by atoms with E-state index in [1.54, 1.807) is 41.4 Å². The van der Waals surface area contributed by atoms with Crippen molar-refractivity contribution in [3.8, 4) is 0 Å². The number of hydrogen-bond acceptors (Lipinski definition) is 3. The van der Waals surface area contributed by atoms with Crippen LogP contribution in [0.15, 0.2) is 48.7 Å². The summed E-state index contributed by atoms with van der Waals surface area (Å²) in [6.07, 6.45) is 3.34. The fourth-order valence-electron chi connectivity index (χ4n) is 3.08.